The normalized spacial score (nSPS) is 19.2. The Balaban J connectivity index is 1.65. The van der Waals surface area contributed by atoms with E-state index in [1.54, 1.807) is 0 Å². The molecule has 0 spiro atoms. The predicted octanol–water partition coefficient (Wildman–Crippen LogP) is 2.45. The van der Waals surface area contributed by atoms with Gasteiger partial charge in [-0.3, -0.25) is 0 Å². The molecule has 0 amide bonds. The second-order valence-electron chi connectivity index (χ2n) is 4.56. The third-order valence-corrected chi connectivity index (χ3v) is 4.08. The Hall–Kier alpha value is -0.780. The summed E-state index contributed by atoms with van der Waals surface area (Å²) in [4.78, 5) is 0. The van der Waals surface area contributed by atoms with Crippen molar-refractivity contribution in [3.63, 3.8) is 0 Å². The van der Waals surface area contributed by atoms with Gasteiger partial charge in [-0.25, -0.2) is 0 Å². The number of rotatable bonds is 3. The van der Waals surface area contributed by atoms with Gasteiger partial charge in [0.25, 0.3) is 0 Å². The van der Waals surface area contributed by atoms with Crippen LogP contribution in [0.5, 0.6) is 11.5 Å². The Morgan fingerprint density at radius 2 is 1.89 bits per heavy atom. The highest BCUT2D eigenvalue weighted by Gasteiger charge is 2.18. The minimum atomic E-state index is 0.318. The molecule has 2 aliphatic heterocycles. The predicted molar refractivity (Wildman–Crippen MR) is 70.9 cm³/mol. The Kier molecular flexibility index (Phi) is 3.72. The highest BCUT2D eigenvalue weighted by molar-refractivity contribution is 9.10. The molecule has 0 radical (unpaired) electrons. The first-order valence-corrected chi connectivity index (χ1v) is 7.01. The molecular weight excluding hydrogens is 298 g/mol. The molecule has 1 saturated heterocycles. The van der Waals surface area contributed by atoms with Gasteiger partial charge in [0.05, 0.1) is 0 Å². The smallest absolute Gasteiger partial charge is 0.231 e. The van der Waals surface area contributed by atoms with Crippen LogP contribution in [0.1, 0.15) is 18.4 Å². The van der Waals surface area contributed by atoms with Crippen LogP contribution in [-0.4, -0.2) is 26.0 Å². The van der Waals surface area contributed by atoms with Crippen LogP contribution in [-0.2, 0) is 11.3 Å². The van der Waals surface area contributed by atoms with Crippen LogP contribution in [0.25, 0.3) is 0 Å². The van der Waals surface area contributed by atoms with Crippen molar-refractivity contribution < 1.29 is 14.2 Å². The summed E-state index contributed by atoms with van der Waals surface area (Å²) in [6, 6.07) is 4.57. The molecular formula is C13H16BrNO3. The largest absolute Gasteiger partial charge is 0.454 e. The van der Waals surface area contributed by atoms with Gasteiger partial charge in [-0.15, -0.1) is 0 Å². The lowest BCUT2D eigenvalue weighted by atomic mass is 10.1. The van der Waals surface area contributed by atoms with Gasteiger partial charge in [-0.2, -0.15) is 0 Å². The van der Waals surface area contributed by atoms with Gasteiger partial charge in [0.1, 0.15) is 0 Å². The van der Waals surface area contributed by atoms with E-state index in [0.29, 0.717) is 12.8 Å². The van der Waals surface area contributed by atoms with Crippen molar-refractivity contribution in [2.45, 2.75) is 25.4 Å². The Morgan fingerprint density at radius 1 is 1.17 bits per heavy atom. The van der Waals surface area contributed by atoms with E-state index in [1.165, 1.54) is 5.56 Å². The summed E-state index contributed by atoms with van der Waals surface area (Å²) >= 11 is 3.57. The van der Waals surface area contributed by atoms with Crippen molar-refractivity contribution in [1.29, 1.82) is 0 Å². The fourth-order valence-corrected chi connectivity index (χ4v) is 2.71. The van der Waals surface area contributed by atoms with Gasteiger partial charge in [0, 0.05) is 30.3 Å². The van der Waals surface area contributed by atoms with E-state index in [4.69, 9.17) is 14.2 Å². The fraction of sp³-hybridized carbons (Fsp3) is 0.538. The monoisotopic (exact) mass is 313 g/mol. The molecule has 2 heterocycles. The molecule has 0 aromatic heterocycles. The van der Waals surface area contributed by atoms with Gasteiger partial charge >= 0.3 is 0 Å². The summed E-state index contributed by atoms with van der Waals surface area (Å²) in [5, 5.41) is 3.56. The molecule has 1 aromatic carbocycles. The maximum Gasteiger partial charge on any atom is 0.231 e. The number of hydrogen-bond donors (Lipinski definition) is 1. The van der Waals surface area contributed by atoms with E-state index >= 15 is 0 Å². The number of ether oxygens (including phenoxy) is 3. The fourth-order valence-electron chi connectivity index (χ4n) is 2.25. The molecule has 18 heavy (non-hydrogen) atoms. The van der Waals surface area contributed by atoms with Crippen LogP contribution in [0.3, 0.4) is 0 Å². The molecule has 0 unspecified atom stereocenters. The van der Waals surface area contributed by atoms with E-state index in [-0.39, 0.29) is 0 Å². The quantitative estimate of drug-likeness (QED) is 0.930. The van der Waals surface area contributed by atoms with E-state index < -0.39 is 0 Å². The van der Waals surface area contributed by atoms with Crippen LogP contribution in [0.15, 0.2) is 16.6 Å². The first kappa shape index (κ1) is 12.3. The SMILES string of the molecule is Brc1cc2c(cc1CNC1CCOCC1)OCO2. The van der Waals surface area contributed by atoms with Gasteiger partial charge in [-0.05, 0) is 30.5 Å². The number of nitrogens with one attached hydrogen (secondary N) is 1. The van der Waals surface area contributed by atoms with Crippen molar-refractivity contribution >= 4 is 15.9 Å². The van der Waals surface area contributed by atoms with E-state index in [0.717, 1.165) is 48.6 Å². The number of benzene rings is 1. The topological polar surface area (TPSA) is 39.7 Å². The van der Waals surface area contributed by atoms with Crippen molar-refractivity contribution in [3.8, 4) is 11.5 Å². The Labute approximate surface area is 115 Å². The summed E-state index contributed by atoms with van der Waals surface area (Å²) in [5.41, 5.74) is 1.20. The minimum absolute atomic E-state index is 0.318. The van der Waals surface area contributed by atoms with E-state index in [9.17, 15) is 0 Å². The molecule has 3 rings (SSSR count). The molecule has 1 N–H and O–H groups in total. The van der Waals surface area contributed by atoms with E-state index in [2.05, 4.69) is 21.2 Å². The lowest BCUT2D eigenvalue weighted by Crippen LogP contribution is -2.34. The second kappa shape index (κ2) is 5.47. The molecule has 0 bridgehead atoms. The minimum Gasteiger partial charge on any atom is -0.454 e. The molecule has 0 atom stereocenters. The summed E-state index contributed by atoms with van der Waals surface area (Å²) in [6.45, 7) is 2.88. The Morgan fingerprint density at radius 3 is 2.67 bits per heavy atom. The van der Waals surface area contributed by atoms with Crippen LogP contribution in [0, 0.1) is 0 Å². The molecule has 1 aromatic rings. The maximum atomic E-state index is 5.40. The highest BCUT2D eigenvalue weighted by Crippen LogP contribution is 2.36. The molecule has 98 valence electrons. The molecule has 2 aliphatic rings. The molecule has 0 aliphatic carbocycles. The van der Waals surface area contributed by atoms with Gasteiger partial charge in [-0.1, -0.05) is 15.9 Å². The maximum absolute atomic E-state index is 5.40. The summed E-state index contributed by atoms with van der Waals surface area (Å²) in [6.07, 6.45) is 2.17. The lowest BCUT2D eigenvalue weighted by molar-refractivity contribution is 0.0776. The van der Waals surface area contributed by atoms with Crippen LogP contribution in [0.4, 0.5) is 0 Å². The standard InChI is InChI=1S/C13H16BrNO3/c14-11-6-13-12(17-8-18-13)5-9(11)7-15-10-1-3-16-4-2-10/h5-6,10,15H,1-4,7-8H2. The van der Waals surface area contributed by atoms with Crippen molar-refractivity contribution in [1.82, 2.24) is 5.32 Å². The average molecular weight is 314 g/mol. The van der Waals surface area contributed by atoms with Crippen molar-refractivity contribution in [3.05, 3.63) is 22.2 Å². The summed E-state index contributed by atoms with van der Waals surface area (Å²) in [5.74, 6) is 1.65. The molecule has 5 heteroatoms. The third-order valence-electron chi connectivity index (χ3n) is 3.34. The lowest BCUT2D eigenvalue weighted by Gasteiger charge is -2.23. The van der Waals surface area contributed by atoms with Crippen LogP contribution in [0.2, 0.25) is 0 Å². The first-order valence-electron chi connectivity index (χ1n) is 6.22. The van der Waals surface area contributed by atoms with Crippen molar-refractivity contribution in [2.75, 3.05) is 20.0 Å². The number of hydrogen-bond acceptors (Lipinski definition) is 4. The number of fused-ring (bicyclic) bond motifs is 1. The zero-order valence-corrected chi connectivity index (χ0v) is 11.7. The first-order chi connectivity index (χ1) is 8.83. The van der Waals surface area contributed by atoms with Crippen molar-refractivity contribution in [2.24, 2.45) is 0 Å². The second-order valence-corrected chi connectivity index (χ2v) is 5.42. The Bertz CT molecular complexity index is 432. The van der Waals surface area contributed by atoms with Crippen LogP contribution >= 0.6 is 15.9 Å². The third kappa shape index (κ3) is 2.63. The van der Waals surface area contributed by atoms with E-state index in [1.807, 2.05) is 12.1 Å². The molecule has 1 fully saturated rings. The van der Waals surface area contributed by atoms with Gasteiger partial charge in [0.15, 0.2) is 11.5 Å². The zero-order chi connectivity index (χ0) is 12.4. The van der Waals surface area contributed by atoms with Gasteiger partial charge < -0.3 is 19.5 Å². The summed E-state index contributed by atoms with van der Waals surface area (Å²) in [7, 11) is 0. The molecule has 4 nitrogen and oxygen atoms in total. The average Bonchev–Trinajstić information content (AvgIpc) is 2.84. The van der Waals surface area contributed by atoms with Gasteiger partial charge in [0.2, 0.25) is 6.79 Å². The number of halogens is 1. The molecule has 0 saturated carbocycles. The zero-order valence-electron chi connectivity index (χ0n) is 10.1. The van der Waals surface area contributed by atoms with Crippen LogP contribution < -0.4 is 14.8 Å². The summed E-state index contributed by atoms with van der Waals surface area (Å²) < 4.78 is 17.1. The highest BCUT2D eigenvalue weighted by atomic mass is 79.9.